The maximum atomic E-state index is 2.48. The molecule has 2 atom stereocenters. The Bertz CT molecular complexity index is 624. The highest BCUT2D eigenvalue weighted by molar-refractivity contribution is 5.20. The molecule has 0 aliphatic heterocycles. The van der Waals surface area contributed by atoms with Crippen molar-refractivity contribution in [3.05, 3.63) is 83.4 Å². The Morgan fingerprint density at radius 2 is 1.46 bits per heavy atom. The normalized spacial score (nSPS) is 14.2. The molecule has 0 heterocycles. The van der Waals surface area contributed by atoms with Crippen molar-refractivity contribution in [2.45, 2.75) is 77.6 Å². The molecule has 0 fully saturated rings. The van der Waals surface area contributed by atoms with Crippen LogP contribution in [0.15, 0.2) is 72.3 Å². The van der Waals surface area contributed by atoms with Gasteiger partial charge in [0.1, 0.15) is 0 Å². The van der Waals surface area contributed by atoms with Gasteiger partial charge in [0.25, 0.3) is 0 Å². The maximum Gasteiger partial charge on any atom is -0.0159 e. The monoisotopic (exact) mass is 348 g/mol. The van der Waals surface area contributed by atoms with Crippen molar-refractivity contribution in [2.24, 2.45) is 0 Å². The zero-order valence-electron chi connectivity index (χ0n) is 17.0. The van der Waals surface area contributed by atoms with Crippen molar-refractivity contribution in [3.63, 3.8) is 0 Å². The highest BCUT2D eigenvalue weighted by atomic mass is 14.1. The Labute approximate surface area is 161 Å². The fraction of sp³-hybridized carbons (Fsp3) is 0.462. The first-order valence-corrected chi connectivity index (χ1v) is 10.5. The minimum atomic E-state index is 0.663. The van der Waals surface area contributed by atoms with Crippen LogP contribution in [0.1, 0.15) is 88.7 Å². The Kier molecular flexibility index (Phi) is 9.24. The van der Waals surface area contributed by atoms with Gasteiger partial charge in [0.2, 0.25) is 0 Å². The molecule has 0 aliphatic carbocycles. The van der Waals surface area contributed by atoms with Gasteiger partial charge in [0, 0.05) is 0 Å². The zero-order valence-corrected chi connectivity index (χ0v) is 17.0. The van der Waals surface area contributed by atoms with Crippen LogP contribution in [0.3, 0.4) is 0 Å². The molecule has 0 saturated carbocycles. The van der Waals surface area contributed by atoms with E-state index < -0.39 is 0 Å². The summed E-state index contributed by atoms with van der Waals surface area (Å²) in [5.74, 6) is 1.37. The molecule has 0 aliphatic rings. The molecule has 26 heavy (non-hydrogen) atoms. The molecule has 0 radical (unpaired) electrons. The lowest BCUT2D eigenvalue weighted by atomic mass is 9.89. The van der Waals surface area contributed by atoms with Crippen LogP contribution in [0.2, 0.25) is 0 Å². The highest BCUT2D eigenvalue weighted by Gasteiger charge is 2.09. The van der Waals surface area contributed by atoms with Crippen molar-refractivity contribution in [1.29, 1.82) is 0 Å². The summed E-state index contributed by atoms with van der Waals surface area (Å²) in [7, 11) is 0. The predicted octanol–water partition coefficient (Wildman–Crippen LogP) is 8.27. The van der Waals surface area contributed by atoms with Gasteiger partial charge < -0.3 is 0 Å². The van der Waals surface area contributed by atoms with Crippen molar-refractivity contribution in [1.82, 2.24) is 0 Å². The van der Waals surface area contributed by atoms with E-state index in [2.05, 4.69) is 87.5 Å². The van der Waals surface area contributed by atoms with Gasteiger partial charge in [-0.05, 0) is 68.4 Å². The second-order valence-electron chi connectivity index (χ2n) is 7.73. The SMILES string of the molecule is CCCC(CC/C=C(\C)CCCC(C)c1ccccc1)c1ccccc1. The summed E-state index contributed by atoms with van der Waals surface area (Å²) in [6.45, 7) is 6.96. The van der Waals surface area contributed by atoms with Gasteiger partial charge in [-0.1, -0.05) is 92.6 Å². The molecular formula is C26H36. The Balaban J connectivity index is 1.73. The van der Waals surface area contributed by atoms with Crippen LogP contribution in [0, 0.1) is 0 Å². The summed E-state index contributed by atoms with van der Waals surface area (Å²) < 4.78 is 0. The number of allylic oxidation sites excluding steroid dienone is 2. The average molecular weight is 349 g/mol. The summed E-state index contributed by atoms with van der Waals surface area (Å²) >= 11 is 0. The molecule has 0 spiro atoms. The van der Waals surface area contributed by atoms with E-state index in [1.165, 1.54) is 56.1 Å². The molecule has 2 rings (SSSR count). The van der Waals surface area contributed by atoms with E-state index in [1.54, 1.807) is 5.57 Å². The molecule has 2 unspecified atom stereocenters. The molecule has 2 aromatic rings. The highest BCUT2D eigenvalue weighted by Crippen LogP contribution is 2.27. The lowest BCUT2D eigenvalue weighted by Crippen LogP contribution is -1.98. The lowest BCUT2D eigenvalue weighted by Gasteiger charge is -2.16. The second kappa shape index (κ2) is 11.7. The number of hydrogen-bond donors (Lipinski definition) is 0. The summed E-state index contributed by atoms with van der Waals surface area (Å²) in [6, 6.07) is 22.0. The van der Waals surface area contributed by atoms with Crippen LogP contribution in [0.5, 0.6) is 0 Å². The molecule has 0 aromatic heterocycles. The smallest absolute Gasteiger partial charge is 0.0159 e. The van der Waals surface area contributed by atoms with Gasteiger partial charge in [-0.3, -0.25) is 0 Å². The lowest BCUT2D eigenvalue weighted by molar-refractivity contribution is 0.572. The summed E-state index contributed by atoms with van der Waals surface area (Å²) in [4.78, 5) is 0. The Morgan fingerprint density at radius 1 is 0.846 bits per heavy atom. The zero-order chi connectivity index (χ0) is 18.6. The Hall–Kier alpha value is -1.82. The van der Waals surface area contributed by atoms with Gasteiger partial charge >= 0.3 is 0 Å². The van der Waals surface area contributed by atoms with Crippen LogP contribution in [0.25, 0.3) is 0 Å². The maximum absolute atomic E-state index is 2.48. The Morgan fingerprint density at radius 3 is 2.08 bits per heavy atom. The van der Waals surface area contributed by atoms with Crippen molar-refractivity contribution >= 4 is 0 Å². The number of hydrogen-bond acceptors (Lipinski definition) is 0. The number of rotatable bonds is 11. The fourth-order valence-corrected chi connectivity index (χ4v) is 3.82. The third kappa shape index (κ3) is 7.20. The largest absolute Gasteiger partial charge is 0.0856 e. The topological polar surface area (TPSA) is 0 Å². The van der Waals surface area contributed by atoms with E-state index >= 15 is 0 Å². The summed E-state index contributed by atoms with van der Waals surface area (Å²) in [5.41, 5.74) is 4.55. The third-order valence-corrected chi connectivity index (χ3v) is 5.49. The molecular weight excluding hydrogens is 312 g/mol. The third-order valence-electron chi connectivity index (χ3n) is 5.49. The van der Waals surface area contributed by atoms with Crippen LogP contribution in [-0.4, -0.2) is 0 Å². The molecule has 0 N–H and O–H groups in total. The van der Waals surface area contributed by atoms with E-state index in [0.717, 1.165) is 0 Å². The number of benzene rings is 2. The van der Waals surface area contributed by atoms with Crippen molar-refractivity contribution in [3.8, 4) is 0 Å². The van der Waals surface area contributed by atoms with Crippen LogP contribution in [0.4, 0.5) is 0 Å². The summed E-state index contributed by atoms with van der Waals surface area (Å²) in [5, 5.41) is 0. The van der Waals surface area contributed by atoms with Gasteiger partial charge in [-0.2, -0.15) is 0 Å². The molecule has 0 saturated heterocycles. The van der Waals surface area contributed by atoms with Crippen molar-refractivity contribution in [2.75, 3.05) is 0 Å². The first kappa shape index (κ1) is 20.5. The predicted molar refractivity (Wildman–Crippen MR) is 116 cm³/mol. The average Bonchev–Trinajstić information content (AvgIpc) is 2.68. The van der Waals surface area contributed by atoms with E-state index in [0.29, 0.717) is 11.8 Å². The molecule has 0 heteroatoms. The second-order valence-corrected chi connectivity index (χ2v) is 7.73. The van der Waals surface area contributed by atoms with Crippen LogP contribution < -0.4 is 0 Å². The van der Waals surface area contributed by atoms with E-state index in [-0.39, 0.29) is 0 Å². The van der Waals surface area contributed by atoms with Gasteiger partial charge in [-0.15, -0.1) is 0 Å². The van der Waals surface area contributed by atoms with Gasteiger partial charge in [0.05, 0.1) is 0 Å². The fourth-order valence-electron chi connectivity index (χ4n) is 3.82. The minimum absolute atomic E-state index is 0.663. The van der Waals surface area contributed by atoms with Gasteiger partial charge in [-0.25, -0.2) is 0 Å². The molecule has 0 amide bonds. The molecule has 140 valence electrons. The quantitative estimate of drug-likeness (QED) is 0.358. The minimum Gasteiger partial charge on any atom is -0.0856 e. The molecule has 2 aromatic carbocycles. The van der Waals surface area contributed by atoms with Crippen LogP contribution >= 0.6 is 0 Å². The van der Waals surface area contributed by atoms with E-state index in [1.807, 2.05) is 0 Å². The standard InChI is InChI=1S/C26H36/c1-4-13-25(26-19-9-6-10-20-26)21-12-15-22(2)14-11-16-23(3)24-17-7-5-8-18-24/h5-10,15,17-20,23,25H,4,11-14,16,21H2,1-3H3/b22-15+. The first-order chi connectivity index (χ1) is 12.7. The van der Waals surface area contributed by atoms with Crippen molar-refractivity contribution < 1.29 is 0 Å². The molecule has 0 bridgehead atoms. The van der Waals surface area contributed by atoms with Crippen LogP contribution in [-0.2, 0) is 0 Å². The van der Waals surface area contributed by atoms with Gasteiger partial charge in [0.15, 0.2) is 0 Å². The van der Waals surface area contributed by atoms with E-state index in [9.17, 15) is 0 Å². The summed E-state index contributed by atoms with van der Waals surface area (Å²) in [6.07, 6.45) is 11.3. The molecule has 0 nitrogen and oxygen atoms in total. The van der Waals surface area contributed by atoms with E-state index in [4.69, 9.17) is 0 Å². The first-order valence-electron chi connectivity index (χ1n) is 10.5.